The number of hydrogen-bond donors (Lipinski definition) is 1. The fourth-order valence-electron chi connectivity index (χ4n) is 2.03. The molecular weight excluding hydrogens is 357 g/mol. The van der Waals surface area contributed by atoms with Crippen LogP contribution in [-0.4, -0.2) is 29.9 Å². The van der Waals surface area contributed by atoms with Gasteiger partial charge < -0.3 is 14.6 Å². The fourth-order valence-corrected chi connectivity index (χ4v) is 2.62. The van der Waals surface area contributed by atoms with E-state index in [4.69, 9.17) is 9.26 Å². The second kappa shape index (κ2) is 5.56. The van der Waals surface area contributed by atoms with Gasteiger partial charge in [-0.15, -0.1) is 0 Å². The highest BCUT2D eigenvalue weighted by molar-refractivity contribution is 14.1. The van der Waals surface area contributed by atoms with Gasteiger partial charge in [-0.1, -0.05) is 17.3 Å². The molecule has 1 N–H and O–H groups in total. The summed E-state index contributed by atoms with van der Waals surface area (Å²) in [4.78, 5) is 4.48. The number of hydrogen-bond acceptors (Lipinski definition) is 5. The van der Waals surface area contributed by atoms with Crippen molar-refractivity contribution in [3.05, 3.63) is 33.2 Å². The molecule has 1 aliphatic heterocycles. The molecule has 6 heteroatoms. The van der Waals surface area contributed by atoms with E-state index < -0.39 is 0 Å². The number of nitrogens with one attached hydrogen (secondary N) is 1. The number of halogens is 1. The monoisotopic (exact) mass is 371 g/mol. The maximum atomic E-state index is 5.41. The van der Waals surface area contributed by atoms with Gasteiger partial charge in [-0.25, -0.2) is 0 Å². The summed E-state index contributed by atoms with van der Waals surface area (Å²) >= 11 is 2.30. The van der Waals surface area contributed by atoms with Gasteiger partial charge in [-0.05, 0) is 41.1 Å². The summed E-state index contributed by atoms with van der Waals surface area (Å²) in [5.74, 6) is 1.22. The van der Waals surface area contributed by atoms with E-state index in [2.05, 4.69) is 51.0 Å². The van der Waals surface area contributed by atoms with Gasteiger partial charge >= 0.3 is 0 Å². The molecule has 1 unspecified atom stereocenters. The van der Waals surface area contributed by atoms with Crippen molar-refractivity contribution in [1.82, 2.24) is 15.5 Å². The maximum Gasteiger partial charge on any atom is 0.259 e. The Morgan fingerprint density at radius 1 is 1.42 bits per heavy atom. The van der Waals surface area contributed by atoms with Crippen molar-refractivity contribution in [2.75, 3.05) is 19.8 Å². The van der Waals surface area contributed by atoms with E-state index >= 15 is 0 Å². The quantitative estimate of drug-likeness (QED) is 0.822. The fraction of sp³-hybridized carbons (Fsp3) is 0.385. The molecule has 1 aromatic carbocycles. The summed E-state index contributed by atoms with van der Waals surface area (Å²) in [5.41, 5.74) is 2.19. The van der Waals surface area contributed by atoms with Crippen LogP contribution in [-0.2, 0) is 4.74 Å². The van der Waals surface area contributed by atoms with Crippen LogP contribution in [0.1, 0.15) is 17.4 Å². The minimum Gasteiger partial charge on any atom is -0.378 e. The molecule has 0 aliphatic carbocycles. The smallest absolute Gasteiger partial charge is 0.259 e. The number of aryl methyl sites for hydroxylation is 1. The number of ether oxygens (including phenoxy) is 1. The summed E-state index contributed by atoms with van der Waals surface area (Å²) in [6, 6.07) is 6.09. The Balaban J connectivity index is 1.90. The zero-order valence-electron chi connectivity index (χ0n) is 10.5. The molecule has 0 radical (unpaired) electrons. The van der Waals surface area contributed by atoms with Crippen LogP contribution < -0.4 is 5.32 Å². The van der Waals surface area contributed by atoms with Crippen molar-refractivity contribution >= 4 is 22.6 Å². The molecule has 0 bridgehead atoms. The lowest BCUT2D eigenvalue weighted by Gasteiger charge is -2.20. The molecule has 2 heterocycles. The van der Waals surface area contributed by atoms with Crippen LogP contribution >= 0.6 is 22.6 Å². The summed E-state index contributed by atoms with van der Waals surface area (Å²) in [7, 11) is 0. The van der Waals surface area contributed by atoms with Crippen molar-refractivity contribution < 1.29 is 9.26 Å². The minimum atomic E-state index is 0.0220. The molecule has 19 heavy (non-hydrogen) atoms. The summed E-state index contributed by atoms with van der Waals surface area (Å²) in [5, 5.41) is 7.37. The Labute approximate surface area is 124 Å². The lowest BCUT2D eigenvalue weighted by molar-refractivity contribution is 0.0734. The van der Waals surface area contributed by atoms with Gasteiger partial charge in [0.05, 0.1) is 24.8 Å². The number of benzene rings is 1. The van der Waals surface area contributed by atoms with Crippen LogP contribution in [0.5, 0.6) is 0 Å². The first kappa shape index (κ1) is 13.0. The average Bonchev–Trinajstić information content (AvgIpc) is 2.92. The topological polar surface area (TPSA) is 60.2 Å². The predicted octanol–water partition coefficient (Wildman–Crippen LogP) is 2.31. The Morgan fingerprint density at radius 3 is 3.11 bits per heavy atom. The average molecular weight is 371 g/mol. The molecule has 100 valence electrons. The van der Waals surface area contributed by atoms with E-state index in [0.29, 0.717) is 18.3 Å². The molecule has 1 saturated heterocycles. The van der Waals surface area contributed by atoms with Gasteiger partial charge in [0.25, 0.3) is 5.89 Å². The molecule has 3 rings (SSSR count). The molecule has 5 nitrogen and oxygen atoms in total. The molecular formula is C13H14IN3O2. The number of morpholine rings is 1. The van der Waals surface area contributed by atoms with Crippen LogP contribution in [0.3, 0.4) is 0 Å². The first-order valence-electron chi connectivity index (χ1n) is 6.16. The van der Waals surface area contributed by atoms with Crippen molar-refractivity contribution in [3.8, 4) is 11.5 Å². The molecule has 0 saturated carbocycles. The van der Waals surface area contributed by atoms with Crippen LogP contribution in [0.15, 0.2) is 22.7 Å². The Kier molecular flexibility index (Phi) is 3.81. The molecule has 0 spiro atoms. The second-order valence-corrected chi connectivity index (χ2v) is 5.55. The van der Waals surface area contributed by atoms with Crippen molar-refractivity contribution in [2.45, 2.75) is 13.0 Å². The first-order chi connectivity index (χ1) is 9.25. The van der Waals surface area contributed by atoms with E-state index in [0.717, 1.165) is 22.3 Å². The highest BCUT2D eigenvalue weighted by Crippen LogP contribution is 2.27. The zero-order valence-corrected chi connectivity index (χ0v) is 12.7. The van der Waals surface area contributed by atoms with Gasteiger partial charge in [0.2, 0.25) is 0 Å². The zero-order chi connectivity index (χ0) is 13.2. The summed E-state index contributed by atoms with van der Waals surface area (Å²) < 4.78 is 11.9. The van der Waals surface area contributed by atoms with Crippen LogP contribution in [0.25, 0.3) is 11.5 Å². The molecule has 1 aromatic heterocycles. The third-order valence-corrected chi connectivity index (χ3v) is 4.53. The Morgan fingerprint density at radius 2 is 2.32 bits per heavy atom. The van der Waals surface area contributed by atoms with Gasteiger partial charge in [0.15, 0.2) is 5.82 Å². The van der Waals surface area contributed by atoms with Crippen LogP contribution in [0, 0.1) is 10.5 Å². The molecule has 0 amide bonds. The summed E-state index contributed by atoms with van der Waals surface area (Å²) in [6.07, 6.45) is 0. The van der Waals surface area contributed by atoms with Crippen molar-refractivity contribution in [3.63, 3.8) is 0 Å². The predicted molar refractivity (Wildman–Crippen MR) is 78.8 cm³/mol. The molecule has 2 aromatic rings. The minimum absolute atomic E-state index is 0.0220. The van der Waals surface area contributed by atoms with Crippen LogP contribution in [0.4, 0.5) is 0 Å². The Hall–Kier alpha value is -0.990. The standard InChI is InChI=1S/C13H14IN3O2/c1-8-3-2-4-9(11(8)14)13-16-12(17-19-13)10-7-18-6-5-15-10/h2-4,10,15H,5-7H2,1H3. The summed E-state index contributed by atoms with van der Waals surface area (Å²) in [6.45, 7) is 4.20. The lowest BCUT2D eigenvalue weighted by Crippen LogP contribution is -2.35. The highest BCUT2D eigenvalue weighted by Gasteiger charge is 2.22. The molecule has 1 fully saturated rings. The first-order valence-corrected chi connectivity index (χ1v) is 7.24. The van der Waals surface area contributed by atoms with Gasteiger partial charge in [0.1, 0.15) is 0 Å². The van der Waals surface area contributed by atoms with Crippen molar-refractivity contribution in [1.29, 1.82) is 0 Å². The van der Waals surface area contributed by atoms with Gasteiger partial charge in [-0.3, -0.25) is 0 Å². The van der Waals surface area contributed by atoms with Crippen LogP contribution in [0.2, 0.25) is 0 Å². The maximum absolute atomic E-state index is 5.41. The number of nitrogens with zero attached hydrogens (tertiary/aromatic N) is 2. The second-order valence-electron chi connectivity index (χ2n) is 4.48. The van der Waals surface area contributed by atoms with Gasteiger partial charge in [-0.2, -0.15) is 4.98 Å². The highest BCUT2D eigenvalue weighted by atomic mass is 127. The third kappa shape index (κ3) is 2.65. The van der Waals surface area contributed by atoms with Gasteiger partial charge in [0, 0.05) is 10.1 Å². The van der Waals surface area contributed by atoms with Crippen molar-refractivity contribution in [2.24, 2.45) is 0 Å². The third-order valence-electron chi connectivity index (χ3n) is 3.10. The molecule has 1 atom stereocenters. The van der Waals surface area contributed by atoms with E-state index in [9.17, 15) is 0 Å². The number of rotatable bonds is 2. The van der Waals surface area contributed by atoms with E-state index in [-0.39, 0.29) is 6.04 Å². The molecule has 1 aliphatic rings. The van der Waals surface area contributed by atoms with E-state index in [1.54, 1.807) is 0 Å². The Bertz CT molecular complexity index is 579. The normalized spacial score (nSPS) is 19.6. The SMILES string of the molecule is Cc1cccc(-c2nc(C3COCCN3)no2)c1I. The number of aromatic nitrogens is 2. The largest absolute Gasteiger partial charge is 0.378 e. The van der Waals surface area contributed by atoms with E-state index in [1.165, 1.54) is 5.56 Å². The van der Waals surface area contributed by atoms with E-state index in [1.807, 2.05) is 12.1 Å². The lowest BCUT2D eigenvalue weighted by atomic mass is 10.1.